The smallest absolute Gasteiger partial charge is 0.160 e. The molecule has 1 atom stereocenters. The van der Waals surface area contributed by atoms with Crippen molar-refractivity contribution in [2.24, 2.45) is 0 Å². The van der Waals surface area contributed by atoms with Crippen molar-refractivity contribution in [2.75, 3.05) is 32.1 Å². The molecule has 1 fully saturated rings. The Morgan fingerprint density at radius 3 is 2.71 bits per heavy atom. The minimum absolute atomic E-state index is 0.621. The summed E-state index contributed by atoms with van der Waals surface area (Å²) >= 11 is 0. The highest BCUT2D eigenvalue weighted by Gasteiger charge is 2.26. The van der Waals surface area contributed by atoms with Crippen molar-refractivity contribution in [3.05, 3.63) is 23.0 Å². The predicted molar refractivity (Wildman–Crippen MR) is 86.1 cm³/mol. The van der Waals surface area contributed by atoms with Crippen LogP contribution in [0.5, 0.6) is 0 Å². The minimum Gasteiger partial charge on any atom is -0.355 e. The molecule has 5 nitrogen and oxygen atoms in total. The van der Waals surface area contributed by atoms with Gasteiger partial charge in [-0.15, -0.1) is 0 Å². The van der Waals surface area contributed by atoms with Crippen LogP contribution < -0.4 is 4.90 Å². The standard InChI is InChI=1S/C16H25N5/c1-6-13-9-15(20-8-7-14(10-20)19(4)5)21-16(17-13)11(2)12(3)18-21/h9,14H,6-8,10H2,1-5H3/t14-/m1/s1. The van der Waals surface area contributed by atoms with Crippen molar-refractivity contribution in [1.29, 1.82) is 0 Å². The highest BCUT2D eigenvalue weighted by molar-refractivity contribution is 5.57. The Hall–Kier alpha value is -1.62. The fourth-order valence-electron chi connectivity index (χ4n) is 3.04. The molecule has 2 aromatic rings. The quantitative estimate of drug-likeness (QED) is 0.866. The normalized spacial score (nSPS) is 19.1. The second-order valence-electron chi connectivity index (χ2n) is 6.26. The number of aryl methyl sites for hydroxylation is 3. The first-order chi connectivity index (χ1) is 10.0. The maximum Gasteiger partial charge on any atom is 0.160 e. The Bertz CT molecular complexity index is 658. The molecule has 0 unspecified atom stereocenters. The van der Waals surface area contributed by atoms with Crippen molar-refractivity contribution >= 4 is 11.5 Å². The van der Waals surface area contributed by atoms with E-state index in [1.165, 1.54) is 17.8 Å². The van der Waals surface area contributed by atoms with Gasteiger partial charge in [0.2, 0.25) is 0 Å². The van der Waals surface area contributed by atoms with Crippen molar-refractivity contribution in [2.45, 2.75) is 39.7 Å². The Morgan fingerprint density at radius 2 is 2.10 bits per heavy atom. The highest BCUT2D eigenvalue weighted by Crippen LogP contribution is 2.25. The molecule has 0 aromatic carbocycles. The van der Waals surface area contributed by atoms with E-state index in [2.05, 4.69) is 50.7 Å². The summed E-state index contributed by atoms with van der Waals surface area (Å²) in [6.07, 6.45) is 2.16. The van der Waals surface area contributed by atoms with Crippen LogP contribution in [0, 0.1) is 13.8 Å². The Balaban J connectivity index is 2.07. The second-order valence-corrected chi connectivity index (χ2v) is 6.26. The van der Waals surface area contributed by atoms with Crippen LogP contribution in [0.1, 0.15) is 30.3 Å². The summed E-state index contributed by atoms with van der Waals surface area (Å²) in [5.41, 5.74) is 4.42. The minimum atomic E-state index is 0.621. The van der Waals surface area contributed by atoms with Gasteiger partial charge in [-0.05, 0) is 40.8 Å². The van der Waals surface area contributed by atoms with Gasteiger partial charge in [-0.3, -0.25) is 0 Å². The van der Waals surface area contributed by atoms with Crippen LogP contribution in [-0.4, -0.2) is 52.7 Å². The van der Waals surface area contributed by atoms with E-state index in [0.29, 0.717) is 6.04 Å². The fourth-order valence-corrected chi connectivity index (χ4v) is 3.04. The molecule has 3 rings (SSSR count). The molecule has 1 aliphatic heterocycles. The summed E-state index contributed by atoms with van der Waals surface area (Å²) < 4.78 is 2.03. The van der Waals surface area contributed by atoms with E-state index < -0.39 is 0 Å². The molecule has 21 heavy (non-hydrogen) atoms. The molecule has 1 aliphatic rings. The van der Waals surface area contributed by atoms with Crippen molar-refractivity contribution < 1.29 is 0 Å². The number of fused-ring (bicyclic) bond motifs is 1. The summed E-state index contributed by atoms with van der Waals surface area (Å²) in [4.78, 5) is 9.53. The zero-order valence-electron chi connectivity index (χ0n) is 13.7. The van der Waals surface area contributed by atoms with Gasteiger partial charge >= 0.3 is 0 Å². The van der Waals surface area contributed by atoms with Gasteiger partial charge in [0, 0.05) is 36.5 Å². The third-order valence-electron chi connectivity index (χ3n) is 4.67. The average Bonchev–Trinajstić information content (AvgIpc) is 3.05. The molecule has 5 heteroatoms. The zero-order chi connectivity index (χ0) is 15.1. The summed E-state index contributed by atoms with van der Waals surface area (Å²) in [5, 5.41) is 4.70. The lowest BCUT2D eigenvalue weighted by molar-refractivity contribution is 0.315. The number of nitrogens with zero attached hydrogens (tertiary/aromatic N) is 5. The molecule has 0 amide bonds. The first-order valence-corrected chi connectivity index (χ1v) is 7.78. The molecule has 2 aromatic heterocycles. The summed E-state index contributed by atoms with van der Waals surface area (Å²) in [7, 11) is 4.33. The van der Waals surface area contributed by atoms with Gasteiger partial charge in [-0.25, -0.2) is 4.98 Å². The molecule has 0 radical (unpaired) electrons. The molecule has 0 bridgehead atoms. The topological polar surface area (TPSA) is 36.7 Å². The lowest BCUT2D eigenvalue weighted by atomic mass is 10.2. The molecule has 1 saturated heterocycles. The second kappa shape index (κ2) is 5.30. The van der Waals surface area contributed by atoms with Crippen LogP contribution in [0.4, 0.5) is 5.82 Å². The summed E-state index contributed by atoms with van der Waals surface area (Å²) in [6, 6.07) is 2.83. The van der Waals surface area contributed by atoms with Crippen molar-refractivity contribution in [1.82, 2.24) is 19.5 Å². The van der Waals surface area contributed by atoms with Gasteiger partial charge in [-0.2, -0.15) is 9.61 Å². The van der Waals surface area contributed by atoms with Crippen LogP contribution >= 0.6 is 0 Å². The average molecular weight is 287 g/mol. The Kier molecular flexibility index (Phi) is 3.61. The monoisotopic (exact) mass is 287 g/mol. The van der Waals surface area contributed by atoms with Gasteiger partial charge in [0.25, 0.3) is 0 Å². The molecule has 0 aliphatic carbocycles. The zero-order valence-corrected chi connectivity index (χ0v) is 13.7. The van der Waals surface area contributed by atoms with E-state index in [4.69, 9.17) is 10.1 Å². The number of likely N-dealkylation sites (N-methyl/N-ethyl adjacent to an activating group) is 1. The molecule has 3 heterocycles. The van der Waals surface area contributed by atoms with Crippen LogP contribution in [0.2, 0.25) is 0 Å². The summed E-state index contributed by atoms with van der Waals surface area (Å²) in [5.74, 6) is 1.19. The maximum atomic E-state index is 4.76. The molecular weight excluding hydrogens is 262 g/mol. The molecule has 114 valence electrons. The summed E-state index contributed by atoms with van der Waals surface area (Å²) in [6.45, 7) is 8.48. The van der Waals surface area contributed by atoms with Gasteiger partial charge in [0.15, 0.2) is 5.65 Å². The fraction of sp³-hybridized carbons (Fsp3) is 0.625. The molecule has 0 N–H and O–H groups in total. The first kappa shape index (κ1) is 14.3. The van der Waals surface area contributed by atoms with Crippen LogP contribution in [0.3, 0.4) is 0 Å². The molecule has 0 spiro atoms. The predicted octanol–water partition coefficient (Wildman–Crippen LogP) is 2.05. The Labute approximate surface area is 126 Å². The number of hydrogen-bond donors (Lipinski definition) is 0. The SMILES string of the molecule is CCc1cc(N2CC[C@@H](N(C)C)C2)n2nc(C)c(C)c2n1. The largest absolute Gasteiger partial charge is 0.355 e. The van der Waals surface area contributed by atoms with Crippen molar-refractivity contribution in [3.8, 4) is 0 Å². The van der Waals surface area contributed by atoms with E-state index in [1.54, 1.807) is 0 Å². The van der Waals surface area contributed by atoms with E-state index in [9.17, 15) is 0 Å². The number of anilines is 1. The maximum absolute atomic E-state index is 4.76. The first-order valence-electron chi connectivity index (χ1n) is 7.78. The van der Waals surface area contributed by atoms with E-state index >= 15 is 0 Å². The van der Waals surface area contributed by atoms with Crippen LogP contribution in [0.25, 0.3) is 5.65 Å². The molecule has 0 saturated carbocycles. The van der Waals surface area contributed by atoms with E-state index in [0.717, 1.165) is 36.5 Å². The van der Waals surface area contributed by atoms with Crippen LogP contribution in [-0.2, 0) is 6.42 Å². The third-order valence-corrected chi connectivity index (χ3v) is 4.67. The van der Waals surface area contributed by atoms with Gasteiger partial charge in [-0.1, -0.05) is 6.92 Å². The number of rotatable bonds is 3. The van der Waals surface area contributed by atoms with E-state index in [1.807, 2.05) is 4.52 Å². The van der Waals surface area contributed by atoms with Gasteiger partial charge in [0.1, 0.15) is 5.82 Å². The number of aromatic nitrogens is 3. The number of hydrogen-bond acceptors (Lipinski definition) is 4. The highest BCUT2D eigenvalue weighted by atomic mass is 15.4. The Morgan fingerprint density at radius 1 is 1.33 bits per heavy atom. The van der Waals surface area contributed by atoms with Crippen LogP contribution in [0.15, 0.2) is 6.07 Å². The van der Waals surface area contributed by atoms with Gasteiger partial charge < -0.3 is 9.80 Å². The van der Waals surface area contributed by atoms with Crippen molar-refractivity contribution in [3.63, 3.8) is 0 Å². The lowest BCUT2D eigenvalue weighted by Gasteiger charge is -2.22. The van der Waals surface area contributed by atoms with E-state index in [-0.39, 0.29) is 0 Å². The van der Waals surface area contributed by atoms with Gasteiger partial charge in [0.05, 0.1) is 5.69 Å². The lowest BCUT2D eigenvalue weighted by Crippen LogP contribution is -2.32. The third kappa shape index (κ3) is 2.39. The molecular formula is C16H25N5.